The molecular weight excluding hydrogens is 442 g/mol. The lowest BCUT2D eigenvalue weighted by molar-refractivity contribution is -0.142. The third-order valence-electron chi connectivity index (χ3n) is 11.4. The molecule has 0 radical (unpaired) electrons. The first-order chi connectivity index (χ1) is 16.6. The van der Waals surface area contributed by atoms with Crippen LogP contribution in [0.3, 0.4) is 0 Å². The summed E-state index contributed by atoms with van der Waals surface area (Å²) in [6, 6.07) is -0.982. The lowest BCUT2D eigenvalue weighted by Gasteiger charge is -2.61. The highest BCUT2D eigenvalue weighted by Crippen LogP contribution is 2.68. The van der Waals surface area contributed by atoms with Crippen LogP contribution in [0.4, 0.5) is 0 Å². The van der Waals surface area contributed by atoms with E-state index in [1.807, 2.05) is 0 Å². The van der Waals surface area contributed by atoms with Crippen molar-refractivity contribution in [3.63, 3.8) is 0 Å². The van der Waals surface area contributed by atoms with Crippen LogP contribution in [-0.2, 0) is 14.4 Å². The maximum atomic E-state index is 12.5. The zero-order valence-corrected chi connectivity index (χ0v) is 22.0. The van der Waals surface area contributed by atoms with Crippen molar-refractivity contribution in [2.75, 3.05) is 0 Å². The summed E-state index contributed by atoms with van der Waals surface area (Å²) in [6.07, 6.45) is 12.9. The van der Waals surface area contributed by atoms with Gasteiger partial charge in [0.2, 0.25) is 5.91 Å². The molecule has 4 aliphatic carbocycles. The number of aliphatic hydroxyl groups is 1. The van der Waals surface area contributed by atoms with Crippen LogP contribution in [-0.4, -0.2) is 40.5 Å². The average molecular weight is 490 g/mol. The lowest BCUT2D eigenvalue weighted by atomic mass is 9.44. The summed E-state index contributed by atoms with van der Waals surface area (Å²) in [5, 5.41) is 22.2. The van der Waals surface area contributed by atoms with Crippen molar-refractivity contribution < 1.29 is 24.6 Å². The fourth-order valence-corrected chi connectivity index (χ4v) is 9.53. The van der Waals surface area contributed by atoms with E-state index in [9.17, 15) is 24.6 Å². The third kappa shape index (κ3) is 5.06. The second-order valence-corrected chi connectivity index (χ2v) is 13.0. The standard InChI is InChI=1S/C29H47NO5/c1-18(6-11-26(33)30-25(27(34)35)5-4-16-31)22-9-10-23-21-8-7-19-17-20(32)12-14-28(19,2)24(21)13-15-29(22,23)3/h16,18-25,32H,4-15,17H2,1-3H3,(H,30,33)(H,34,35)/t18?,19?,20-,21?,22-,23+,24-,25+,28+,29-/m1/s1. The van der Waals surface area contributed by atoms with Crippen LogP contribution in [0.5, 0.6) is 0 Å². The van der Waals surface area contributed by atoms with Gasteiger partial charge in [-0.15, -0.1) is 0 Å². The molecule has 4 saturated carbocycles. The third-order valence-corrected chi connectivity index (χ3v) is 11.4. The zero-order chi connectivity index (χ0) is 25.4. The monoisotopic (exact) mass is 489 g/mol. The molecule has 0 saturated heterocycles. The first-order valence-electron chi connectivity index (χ1n) is 14.2. The number of hydrogen-bond donors (Lipinski definition) is 3. The Kier molecular flexibility index (Phi) is 8.00. The maximum absolute atomic E-state index is 12.5. The smallest absolute Gasteiger partial charge is 0.326 e. The summed E-state index contributed by atoms with van der Waals surface area (Å²) in [5.41, 5.74) is 0.734. The van der Waals surface area contributed by atoms with E-state index in [1.165, 1.54) is 44.9 Å². The van der Waals surface area contributed by atoms with Crippen LogP contribution >= 0.6 is 0 Å². The normalized spacial score (nSPS) is 42.2. The van der Waals surface area contributed by atoms with Crippen molar-refractivity contribution in [2.24, 2.45) is 46.3 Å². The molecule has 0 aromatic carbocycles. The summed E-state index contributed by atoms with van der Waals surface area (Å²) in [7, 11) is 0. The topological polar surface area (TPSA) is 104 Å². The van der Waals surface area contributed by atoms with Gasteiger partial charge >= 0.3 is 5.97 Å². The number of carboxylic acids is 1. The molecule has 198 valence electrons. The van der Waals surface area contributed by atoms with Gasteiger partial charge in [-0.1, -0.05) is 20.8 Å². The Labute approximate surface area is 211 Å². The predicted molar refractivity (Wildman–Crippen MR) is 134 cm³/mol. The van der Waals surface area contributed by atoms with Gasteiger partial charge in [-0.2, -0.15) is 0 Å². The van der Waals surface area contributed by atoms with E-state index in [1.54, 1.807) is 0 Å². The molecule has 4 fully saturated rings. The molecule has 6 heteroatoms. The van der Waals surface area contributed by atoms with E-state index in [2.05, 4.69) is 26.1 Å². The molecule has 3 N–H and O–H groups in total. The van der Waals surface area contributed by atoms with Crippen LogP contribution in [0.1, 0.15) is 104 Å². The van der Waals surface area contributed by atoms with E-state index in [0.29, 0.717) is 41.3 Å². The summed E-state index contributed by atoms with van der Waals surface area (Å²) in [4.78, 5) is 34.5. The van der Waals surface area contributed by atoms with Gasteiger partial charge in [0.25, 0.3) is 0 Å². The number of fused-ring (bicyclic) bond motifs is 5. The van der Waals surface area contributed by atoms with Gasteiger partial charge in [0.05, 0.1) is 6.10 Å². The number of amides is 1. The van der Waals surface area contributed by atoms with E-state index < -0.39 is 12.0 Å². The molecule has 1 amide bonds. The molecule has 0 spiro atoms. The molecular formula is C29H47NO5. The largest absolute Gasteiger partial charge is 0.480 e. The number of nitrogens with one attached hydrogen (secondary N) is 1. The van der Waals surface area contributed by atoms with E-state index in [0.717, 1.165) is 37.0 Å². The molecule has 10 atom stereocenters. The Bertz CT molecular complexity index is 800. The van der Waals surface area contributed by atoms with Crippen molar-refractivity contribution in [3.05, 3.63) is 0 Å². The molecule has 6 nitrogen and oxygen atoms in total. The molecule has 0 heterocycles. The first-order valence-corrected chi connectivity index (χ1v) is 14.2. The molecule has 35 heavy (non-hydrogen) atoms. The van der Waals surface area contributed by atoms with Crippen LogP contribution in [0.25, 0.3) is 0 Å². The van der Waals surface area contributed by atoms with E-state index in [-0.39, 0.29) is 24.9 Å². The summed E-state index contributed by atoms with van der Waals surface area (Å²) < 4.78 is 0. The Morgan fingerprint density at radius 1 is 1.00 bits per heavy atom. The van der Waals surface area contributed by atoms with Gasteiger partial charge in [0.1, 0.15) is 12.3 Å². The minimum Gasteiger partial charge on any atom is -0.480 e. The maximum Gasteiger partial charge on any atom is 0.326 e. The zero-order valence-electron chi connectivity index (χ0n) is 22.0. The Morgan fingerprint density at radius 2 is 1.71 bits per heavy atom. The molecule has 4 rings (SSSR count). The number of carbonyl (C=O) groups is 3. The van der Waals surface area contributed by atoms with Crippen LogP contribution in [0.15, 0.2) is 0 Å². The number of carbonyl (C=O) groups excluding carboxylic acids is 2. The summed E-state index contributed by atoms with van der Waals surface area (Å²) in [6.45, 7) is 7.36. The minimum absolute atomic E-state index is 0.0943. The summed E-state index contributed by atoms with van der Waals surface area (Å²) in [5.74, 6) is 2.81. The van der Waals surface area contributed by atoms with E-state index >= 15 is 0 Å². The minimum atomic E-state index is -1.08. The SMILES string of the molecule is CC(CCC(=O)N[C@@H](CCC=O)C(=O)O)[C@H]1CC[C@H]2C3CCC4C[C@H](O)CC[C@]4(C)[C@@H]3CC[C@]12C. The number of aldehydes is 1. The van der Waals surface area contributed by atoms with Crippen molar-refractivity contribution >= 4 is 18.2 Å². The number of aliphatic hydroxyl groups excluding tert-OH is 1. The molecule has 0 aliphatic heterocycles. The van der Waals surface area contributed by atoms with Crippen LogP contribution < -0.4 is 5.32 Å². The number of carboxylic acid groups (broad SMARTS) is 1. The molecule has 3 unspecified atom stereocenters. The highest BCUT2D eigenvalue weighted by Gasteiger charge is 2.60. The van der Waals surface area contributed by atoms with Crippen molar-refractivity contribution in [1.29, 1.82) is 0 Å². The molecule has 0 bridgehead atoms. The molecule has 0 aromatic rings. The van der Waals surface area contributed by atoms with Crippen molar-refractivity contribution in [3.8, 4) is 0 Å². The Balaban J connectivity index is 1.36. The highest BCUT2D eigenvalue weighted by atomic mass is 16.4. The number of rotatable bonds is 9. The molecule has 0 aromatic heterocycles. The lowest BCUT2D eigenvalue weighted by Crippen LogP contribution is -2.54. The van der Waals surface area contributed by atoms with Gasteiger partial charge in [-0.3, -0.25) is 4.79 Å². The van der Waals surface area contributed by atoms with Crippen LogP contribution in [0.2, 0.25) is 0 Å². The Hall–Kier alpha value is -1.43. The fourth-order valence-electron chi connectivity index (χ4n) is 9.53. The van der Waals surface area contributed by atoms with Crippen LogP contribution in [0, 0.1) is 46.3 Å². The van der Waals surface area contributed by atoms with E-state index in [4.69, 9.17) is 0 Å². The second kappa shape index (κ2) is 10.5. The van der Waals surface area contributed by atoms with Gasteiger partial charge in [0, 0.05) is 12.8 Å². The average Bonchev–Trinajstić information content (AvgIpc) is 3.17. The van der Waals surface area contributed by atoms with Crippen molar-refractivity contribution in [2.45, 2.75) is 116 Å². The predicted octanol–water partition coefficient (Wildman–Crippen LogP) is 4.97. The summed E-state index contributed by atoms with van der Waals surface area (Å²) >= 11 is 0. The van der Waals surface area contributed by atoms with Gasteiger partial charge in [0.15, 0.2) is 0 Å². The Morgan fingerprint density at radius 3 is 2.43 bits per heavy atom. The number of aliphatic carboxylic acids is 1. The van der Waals surface area contributed by atoms with Gasteiger partial charge in [-0.05, 0) is 117 Å². The fraction of sp³-hybridized carbons (Fsp3) is 0.897. The van der Waals surface area contributed by atoms with Crippen molar-refractivity contribution in [1.82, 2.24) is 5.32 Å². The molecule has 4 aliphatic rings. The number of hydrogen-bond acceptors (Lipinski definition) is 4. The van der Waals surface area contributed by atoms with Gasteiger partial charge < -0.3 is 20.3 Å². The quantitative estimate of drug-likeness (QED) is 0.397. The first kappa shape index (κ1) is 26.6. The highest BCUT2D eigenvalue weighted by molar-refractivity contribution is 5.83. The van der Waals surface area contributed by atoms with Gasteiger partial charge in [-0.25, -0.2) is 4.79 Å². The second-order valence-electron chi connectivity index (χ2n) is 13.0.